The molecule has 1 aromatic carbocycles. The van der Waals surface area contributed by atoms with Crippen LogP contribution in [0.1, 0.15) is 22.8 Å². The van der Waals surface area contributed by atoms with E-state index in [0.717, 1.165) is 16.8 Å². The van der Waals surface area contributed by atoms with Gasteiger partial charge >= 0.3 is 0 Å². The van der Waals surface area contributed by atoms with Crippen molar-refractivity contribution in [3.8, 4) is 0 Å². The zero-order chi connectivity index (χ0) is 16.0. The molecule has 0 aliphatic carbocycles. The first-order valence-corrected chi connectivity index (χ1v) is 9.94. The van der Waals surface area contributed by atoms with Crippen molar-refractivity contribution < 1.29 is 8.42 Å². The number of benzene rings is 1. The highest BCUT2D eigenvalue weighted by atomic mass is 32.2. The van der Waals surface area contributed by atoms with Crippen LogP contribution in [0.3, 0.4) is 0 Å². The molecule has 6 heteroatoms. The monoisotopic (exact) mass is 346 g/mol. The van der Waals surface area contributed by atoms with Gasteiger partial charge in [0, 0.05) is 41.0 Å². The average Bonchev–Trinajstić information content (AvgIpc) is 3.25. The third-order valence-electron chi connectivity index (χ3n) is 4.52. The Bertz CT molecular complexity index is 956. The quantitative estimate of drug-likeness (QED) is 0.786. The van der Waals surface area contributed by atoms with Crippen LogP contribution in [0, 0.1) is 6.92 Å². The highest BCUT2D eigenvalue weighted by Crippen LogP contribution is 2.35. The highest BCUT2D eigenvalue weighted by molar-refractivity contribution is 7.91. The summed E-state index contributed by atoms with van der Waals surface area (Å²) < 4.78 is 27.6. The van der Waals surface area contributed by atoms with Crippen LogP contribution in [0.15, 0.2) is 46.8 Å². The van der Waals surface area contributed by atoms with Gasteiger partial charge in [0.15, 0.2) is 0 Å². The molecule has 1 fully saturated rings. The molecule has 0 bridgehead atoms. The van der Waals surface area contributed by atoms with Crippen molar-refractivity contribution in [3.05, 3.63) is 53.0 Å². The maximum Gasteiger partial charge on any atom is 0.252 e. The Morgan fingerprint density at radius 1 is 1.22 bits per heavy atom. The van der Waals surface area contributed by atoms with Crippen LogP contribution < -0.4 is 0 Å². The first-order valence-electron chi connectivity index (χ1n) is 7.68. The number of thiophene rings is 1. The molecule has 2 aromatic heterocycles. The van der Waals surface area contributed by atoms with Crippen LogP contribution in [0.4, 0.5) is 0 Å². The molecular weight excluding hydrogens is 328 g/mol. The summed E-state index contributed by atoms with van der Waals surface area (Å²) in [6, 6.07) is 11.8. The van der Waals surface area contributed by atoms with Crippen molar-refractivity contribution >= 4 is 32.3 Å². The zero-order valence-corrected chi connectivity index (χ0v) is 14.5. The van der Waals surface area contributed by atoms with Gasteiger partial charge in [-0.1, -0.05) is 18.2 Å². The summed E-state index contributed by atoms with van der Waals surface area (Å²) in [5, 5.41) is 1.20. The molecule has 3 aromatic rings. The number of rotatable bonds is 3. The smallest absolute Gasteiger partial charge is 0.252 e. The summed E-state index contributed by atoms with van der Waals surface area (Å²) in [6.45, 7) is 3.08. The lowest BCUT2D eigenvalue weighted by Crippen LogP contribution is -2.28. The summed E-state index contributed by atoms with van der Waals surface area (Å²) in [7, 11) is -3.35. The lowest BCUT2D eigenvalue weighted by atomic mass is 9.98. The van der Waals surface area contributed by atoms with Crippen LogP contribution in [0.2, 0.25) is 0 Å². The standard InChI is InChI=1S/C17H18N2O2S2/c1-12-6-7-17(22-12)23(20,21)19-9-8-13(11-19)15-10-18-16-5-3-2-4-14(15)16/h2-7,10,13,18H,8-9,11H2,1H3. The van der Waals surface area contributed by atoms with Gasteiger partial charge < -0.3 is 4.98 Å². The minimum atomic E-state index is -3.35. The molecule has 1 saturated heterocycles. The van der Waals surface area contributed by atoms with E-state index in [-0.39, 0.29) is 5.92 Å². The Kier molecular flexibility index (Phi) is 3.55. The topological polar surface area (TPSA) is 53.2 Å². The first-order chi connectivity index (χ1) is 11.1. The molecule has 0 spiro atoms. The van der Waals surface area contributed by atoms with Crippen molar-refractivity contribution in [2.24, 2.45) is 0 Å². The fourth-order valence-electron chi connectivity index (χ4n) is 3.31. The molecule has 1 unspecified atom stereocenters. The molecule has 23 heavy (non-hydrogen) atoms. The fraction of sp³-hybridized carbons (Fsp3) is 0.294. The molecular formula is C17H18N2O2S2. The van der Waals surface area contributed by atoms with E-state index in [2.05, 4.69) is 17.1 Å². The number of nitrogens with one attached hydrogen (secondary N) is 1. The van der Waals surface area contributed by atoms with Gasteiger partial charge in [-0.05, 0) is 37.1 Å². The molecule has 0 saturated carbocycles. The number of sulfonamides is 1. The van der Waals surface area contributed by atoms with E-state index >= 15 is 0 Å². The van der Waals surface area contributed by atoms with Gasteiger partial charge in [-0.15, -0.1) is 11.3 Å². The Hall–Kier alpha value is -1.63. The molecule has 1 N–H and O–H groups in total. The van der Waals surface area contributed by atoms with Crippen LogP contribution in [0.25, 0.3) is 10.9 Å². The lowest BCUT2D eigenvalue weighted by Gasteiger charge is -2.15. The largest absolute Gasteiger partial charge is 0.361 e. The molecule has 1 aliphatic rings. The number of nitrogens with zero attached hydrogens (tertiary/aromatic N) is 1. The number of hydrogen-bond acceptors (Lipinski definition) is 3. The van der Waals surface area contributed by atoms with Crippen molar-refractivity contribution in [2.75, 3.05) is 13.1 Å². The van der Waals surface area contributed by atoms with Crippen molar-refractivity contribution in [1.29, 1.82) is 0 Å². The number of aryl methyl sites for hydroxylation is 1. The van der Waals surface area contributed by atoms with Gasteiger partial charge in [-0.25, -0.2) is 8.42 Å². The summed E-state index contributed by atoms with van der Waals surface area (Å²) in [6.07, 6.45) is 2.90. The Balaban J connectivity index is 1.62. The number of para-hydroxylation sites is 1. The number of hydrogen-bond donors (Lipinski definition) is 1. The van der Waals surface area contributed by atoms with Gasteiger partial charge in [-0.3, -0.25) is 0 Å². The number of fused-ring (bicyclic) bond motifs is 1. The highest BCUT2D eigenvalue weighted by Gasteiger charge is 2.34. The Labute approximate surface area is 139 Å². The Morgan fingerprint density at radius 3 is 2.83 bits per heavy atom. The normalized spacial score (nSPS) is 19.6. The van der Waals surface area contributed by atoms with E-state index in [4.69, 9.17) is 0 Å². The van der Waals surface area contributed by atoms with Crippen molar-refractivity contribution in [2.45, 2.75) is 23.5 Å². The predicted molar refractivity (Wildman–Crippen MR) is 93.5 cm³/mol. The zero-order valence-electron chi connectivity index (χ0n) is 12.8. The molecule has 1 atom stereocenters. The van der Waals surface area contributed by atoms with Crippen molar-refractivity contribution in [3.63, 3.8) is 0 Å². The van der Waals surface area contributed by atoms with Crippen molar-refractivity contribution in [1.82, 2.24) is 9.29 Å². The molecule has 0 radical (unpaired) electrons. The first kappa shape index (κ1) is 14.9. The minimum absolute atomic E-state index is 0.252. The van der Waals surface area contributed by atoms with E-state index in [1.54, 1.807) is 10.4 Å². The second-order valence-electron chi connectivity index (χ2n) is 6.00. The molecule has 3 heterocycles. The number of aromatic amines is 1. The van der Waals surface area contributed by atoms with Crippen LogP contribution >= 0.6 is 11.3 Å². The summed E-state index contributed by atoms with van der Waals surface area (Å²) in [4.78, 5) is 4.31. The molecule has 0 amide bonds. The molecule has 4 rings (SSSR count). The Morgan fingerprint density at radius 2 is 2.04 bits per heavy atom. The van der Waals surface area contributed by atoms with Gasteiger partial charge in [0.2, 0.25) is 0 Å². The van der Waals surface area contributed by atoms with E-state index in [1.807, 2.05) is 31.3 Å². The summed E-state index contributed by atoms with van der Waals surface area (Å²) in [5.41, 5.74) is 2.33. The molecule has 4 nitrogen and oxygen atoms in total. The second kappa shape index (κ2) is 5.47. The maximum absolute atomic E-state index is 12.8. The van der Waals surface area contributed by atoms with Crippen LogP contribution in [-0.2, 0) is 10.0 Å². The fourth-order valence-corrected chi connectivity index (χ4v) is 6.25. The van der Waals surface area contributed by atoms with Gasteiger partial charge in [0.25, 0.3) is 10.0 Å². The SMILES string of the molecule is Cc1ccc(S(=O)(=O)N2CCC(c3c[nH]c4ccccc34)C2)s1. The van der Waals surface area contributed by atoms with Gasteiger partial charge in [0.05, 0.1) is 0 Å². The van der Waals surface area contributed by atoms with E-state index in [0.29, 0.717) is 17.3 Å². The number of H-pyrrole nitrogens is 1. The molecule has 1 aliphatic heterocycles. The molecule has 120 valence electrons. The predicted octanol–water partition coefficient (Wildman–Crippen LogP) is 3.72. The van der Waals surface area contributed by atoms with Gasteiger partial charge in [0.1, 0.15) is 4.21 Å². The maximum atomic E-state index is 12.8. The summed E-state index contributed by atoms with van der Waals surface area (Å²) in [5.74, 6) is 0.252. The summed E-state index contributed by atoms with van der Waals surface area (Å²) >= 11 is 1.35. The average molecular weight is 346 g/mol. The van der Waals surface area contributed by atoms with Crippen LogP contribution in [0.5, 0.6) is 0 Å². The number of aromatic nitrogens is 1. The lowest BCUT2D eigenvalue weighted by molar-refractivity contribution is 0.475. The van der Waals surface area contributed by atoms with Gasteiger partial charge in [-0.2, -0.15) is 4.31 Å². The third-order valence-corrected chi connectivity index (χ3v) is 7.86. The third kappa shape index (κ3) is 2.51. The van der Waals surface area contributed by atoms with E-state index in [9.17, 15) is 8.42 Å². The second-order valence-corrected chi connectivity index (χ2v) is 9.46. The van der Waals surface area contributed by atoms with E-state index < -0.39 is 10.0 Å². The van der Waals surface area contributed by atoms with Crippen LogP contribution in [-0.4, -0.2) is 30.8 Å². The minimum Gasteiger partial charge on any atom is -0.361 e. The van der Waals surface area contributed by atoms with E-state index in [1.165, 1.54) is 22.3 Å².